The summed E-state index contributed by atoms with van der Waals surface area (Å²) in [5.41, 5.74) is 3.36. The SMILES string of the molecule is O=C(O)N(Cc1cccc(CC(Cl)=CCl)c1)C1CC1. The van der Waals surface area contributed by atoms with Crippen LogP contribution in [0.3, 0.4) is 0 Å². The second-order valence-corrected chi connectivity index (χ2v) is 5.40. The zero-order valence-electron chi connectivity index (χ0n) is 10.4. The highest BCUT2D eigenvalue weighted by molar-refractivity contribution is 6.36. The Labute approximate surface area is 122 Å². The highest BCUT2D eigenvalue weighted by atomic mass is 35.5. The fourth-order valence-electron chi connectivity index (χ4n) is 2.01. The second kappa shape index (κ2) is 6.31. The van der Waals surface area contributed by atoms with Crippen molar-refractivity contribution in [2.45, 2.75) is 31.8 Å². The maximum Gasteiger partial charge on any atom is 0.407 e. The van der Waals surface area contributed by atoms with Gasteiger partial charge in [0.05, 0.1) is 0 Å². The minimum absolute atomic E-state index is 0.187. The van der Waals surface area contributed by atoms with Gasteiger partial charge in [-0.15, -0.1) is 0 Å². The van der Waals surface area contributed by atoms with Crippen molar-refractivity contribution in [3.05, 3.63) is 46.0 Å². The second-order valence-electron chi connectivity index (χ2n) is 4.69. The van der Waals surface area contributed by atoms with E-state index >= 15 is 0 Å². The Morgan fingerprint density at radius 3 is 2.68 bits per heavy atom. The number of hydrogen-bond donors (Lipinski definition) is 1. The van der Waals surface area contributed by atoms with Crippen LogP contribution in [0.25, 0.3) is 0 Å². The minimum atomic E-state index is -0.855. The van der Waals surface area contributed by atoms with Gasteiger partial charge in [0.15, 0.2) is 0 Å². The van der Waals surface area contributed by atoms with Gasteiger partial charge < -0.3 is 10.0 Å². The molecule has 1 aromatic carbocycles. The molecule has 1 N–H and O–H groups in total. The first-order valence-corrected chi connectivity index (χ1v) is 6.93. The molecule has 0 saturated heterocycles. The molecule has 1 saturated carbocycles. The third kappa shape index (κ3) is 4.15. The number of rotatable bonds is 5. The van der Waals surface area contributed by atoms with Crippen molar-refractivity contribution in [3.8, 4) is 0 Å². The van der Waals surface area contributed by atoms with Crippen molar-refractivity contribution in [2.24, 2.45) is 0 Å². The van der Waals surface area contributed by atoms with E-state index in [0.717, 1.165) is 24.0 Å². The Bertz CT molecular complexity index is 498. The zero-order valence-corrected chi connectivity index (χ0v) is 11.9. The molecule has 1 fully saturated rings. The number of halogens is 2. The van der Waals surface area contributed by atoms with Crippen LogP contribution in [-0.2, 0) is 13.0 Å². The monoisotopic (exact) mass is 299 g/mol. The topological polar surface area (TPSA) is 40.5 Å². The predicted molar refractivity (Wildman–Crippen MR) is 76.5 cm³/mol. The molecule has 1 amide bonds. The number of carbonyl (C=O) groups is 1. The van der Waals surface area contributed by atoms with Gasteiger partial charge in [0, 0.05) is 29.6 Å². The zero-order chi connectivity index (χ0) is 13.8. The van der Waals surface area contributed by atoms with Crippen LogP contribution in [-0.4, -0.2) is 22.1 Å². The van der Waals surface area contributed by atoms with Gasteiger partial charge in [-0.2, -0.15) is 0 Å². The van der Waals surface area contributed by atoms with Gasteiger partial charge in [0.2, 0.25) is 0 Å². The van der Waals surface area contributed by atoms with Crippen LogP contribution in [0.2, 0.25) is 0 Å². The lowest BCUT2D eigenvalue weighted by molar-refractivity contribution is 0.139. The quantitative estimate of drug-likeness (QED) is 0.885. The molecule has 19 heavy (non-hydrogen) atoms. The van der Waals surface area contributed by atoms with Crippen LogP contribution in [0.1, 0.15) is 24.0 Å². The Morgan fingerprint density at radius 2 is 2.11 bits per heavy atom. The standard InChI is InChI=1S/C14H15Cl2NO2/c15-8-12(16)7-10-2-1-3-11(6-10)9-17(14(18)19)13-4-5-13/h1-3,6,8,13H,4-5,7,9H2,(H,18,19). The molecular weight excluding hydrogens is 285 g/mol. The first-order chi connectivity index (χ1) is 9.10. The van der Waals surface area contributed by atoms with Crippen LogP contribution in [0, 0.1) is 0 Å². The molecule has 3 nitrogen and oxygen atoms in total. The molecule has 0 bridgehead atoms. The Morgan fingerprint density at radius 1 is 1.42 bits per heavy atom. The summed E-state index contributed by atoms with van der Waals surface area (Å²) in [7, 11) is 0. The summed E-state index contributed by atoms with van der Waals surface area (Å²) < 4.78 is 0. The van der Waals surface area contributed by atoms with E-state index in [0.29, 0.717) is 18.0 Å². The fraction of sp³-hybridized carbons (Fsp3) is 0.357. The van der Waals surface area contributed by atoms with Crippen LogP contribution in [0.4, 0.5) is 4.79 Å². The Kier molecular flexibility index (Phi) is 4.72. The van der Waals surface area contributed by atoms with E-state index in [9.17, 15) is 9.90 Å². The van der Waals surface area contributed by atoms with Crippen molar-refractivity contribution >= 4 is 29.3 Å². The largest absolute Gasteiger partial charge is 0.465 e. The first kappa shape index (κ1) is 14.2. The molecule has 0 aromatic heterocycles. The summed E-state index contributed by atoms with van der Waals surface area (Å²) >= 11 is 11.4. The van der Waals surface area contributed by atoms with Crippen molar-refractivity contribution in [2.75, 3.05) is 0 Å². The van der Waals surface area contributed by atoms with Gasteiger partial charge in [0.1, 0.15) is 0 Å². The average Bonchev–Trinajstić information content (AvgIpc) is 3.20. The summed E-state index contributed by atoms with van der Waals surface area (Å²) in [4.78, 5) is 12.7. The normalized spacial score (nSPS) is 15.4. The molecular formula is C14H15Cl2NO2. The van der Waals surface area contributed by atoms with E-state index in [-0.39, 0.29) is 6.04 Å². The van der Waals surface area contributed by atoms with E-state index in [1.165, 1.54) is 10.4 Å². The lowest BCUT2D eigenvalue weighted by Crippen LogP contribution is -2.30. The van der Waals surface area contributed by atoms with Gasteiger partial charge in [-0.3, -0.25) is 0 Å². The van der Waals surface area contributed by atoms with Crippen molar-refractivity contribution in [1.82, 2.24) is 4.90 Å². The van der Waals surface area contributed by atoms with Gasteiger partial charge in [-0.05, 0) is 24.0 Å². The number of hydrogen-bond acceptors (Lipinski definition) is 1. The number of nitrogens with zero attached hydrogens (tertiary/aromatic N) is 1. The van der Waals surface area contributed by atoms with E-state index < -0.39 is 6.09 Å². The van der Waals surface area contributed by atoms with E-state index in [2.05, 4.69) is 0 Å². The van der Waals surface area contributed by atoms with Gasteiger partial charge in [-0.1, -0.05) is 47.5 Å². The van der Waals surface area contributed by atoms with Gasteiger partial charge in [0.25, 0.3) is 0 Å². The van der Waals surface area contributed by atoms with E-state index in [4.69, 9.17) is 23.2 Å². The van der Waals surface area contributed by atoms with E-state index in [1.807, 2.05) is 24.3 Å². The molecule has 2 rings (SSSR count). The third-order valence-electron chi connectivity index (χ3n) is 3.07. The maximum absolute atomic E-state index is 11.2. The lowest BCUT2D eigenvalue weighted by atomic mass is 10.1. The van der Waals surface area contributed by atoms with Crippen molar-refractivity contribution < 1.29 is 9.90 Å². The number of benzene rings is 1. The molecule has 5 heteroatoms. The molecule has 0 atom stereocenters. The highest BCUT2D eigenvalue weighted by Crippen LogP contribution is 2.28. The summed E-state index contributed by atoms with van der Waals surface area (Å²) in [6, 6.07) is 7.96. The summed E-state index contributed by atoms with van der Waals surface area (Å²) in [5.74, 6) is 0. The maximum atomic E-state index is 11.2. The Hall–Kier alpha value is -1.19. The average molecular weight is 300 g/mol. The smallest absolute Gasteiger partial charge is 0.407 e. The number of allylic oxidation sites excluding steroid dienone is 1. The fourth-order valence-corrected chi connectivity index (χ4v) is 2.24. The molecule has 0 spiro atoms. The summed E-state index contributed by atoms with van der Waals surface area (Å²) in [5, 5.41) is 9.74. The van der Waals surface area contributed by atoms with Crippen LogP contribution in [0.5, 0.6) is 0 Å². The van der Waals surface area contributed by atoms with Gasteiger partial charge in [-0.25, -0.2) is 4.79 Å². The van der Waals surface area contributed by atoms with Crippen LogP contribution >= 0.6 is 23.2 Å². The van der Waals surface area contributed by atoms with Crippen LogP contribution in [0.15, 0.2) is 34.8 Å². The van der Waals surface area contributed by atoms with E-state index in [1.54, 1.807) is 0 Å². The molecule has 1 aliphatic rings. The molecule has 0 aliphatic heterocycles. The molecule has 0 radical (unpaired) electrons. The summed E-state index contributed by atoms with van der Waals surface area (Å²) in [6.07, 6.45) is 1.64. The summed E-state index contributed by atoms with van der Waals surface area (Å²) in [6.45, 7) is 0.427. The number of carboxylic acid groups (broad SMARTS) is 1. The third-order valence-corrected chi connectivity index (χ3v) is 3.69. The van der Waals surface area contributed by atoms with Crippen molar-refractivity contribution in [3.63, 3.8) is 0 Å². The molecule has 0 heterocycles. The van der Waals surface area contributed by atoms with Crippen molar-refractivity contribution in [1.29, 1.82) is 0 Å². The van der Waals surface area contributed by atoms with Crippen LogP contribution < -0.4 is 0 Å². The van der Waals surface area contributed by atoms with Gasteiger partial charge >= 0.3 is 6.09 Å². The first-order valence-electron chi connectivity index (χ1n) is 6.12. The predicted octanol–water partition coefficient (Wildman–Crippen LogP) is 4.19. The highest BCUT2D eigenvalue weighted by Gasteiger charge is 2.32. The molecule has 1 aliphatic carbocycles. The lowest BCUT2D eigenvalue weighted by Gasteiger charge is -2.18. The molecule has 0 unspecified atom stereocenters. The number of amides is 1. The molecule has 102 valence electrons. The Balaban J connectivity index is 2.07. The molecule has 1 aromatic rings. The minimum Gasteiger partial charge on any atom is -0.465 e.